The summed E-state index contributed by atoms with van der Waals surface area (Å²) in [4.78, 5) is 28.8. The zero-order chi connectivity index (χ0) is 26.2. The molecule has 0 aliphatic carbocycles. The number of aliphatic hydroxyl groups is 1. The lowest BCUT2D eigenvalue weighted by Gasteiger charge is -2.13. The summed E-state index contributed by atoms with van der Waals surface area (Å²) < 4.78 is 7.13. The Morgan fingerprint density at radius 2 is 1.97 bits per heavy atom. The van der Waals surface area contributed by atoms with E-state index < -0.39 is 12.1 Å². The molecular weight excluding hydrogens is 458 g/mol. The number of hydrogen-bond acceptors (Lipinski definition) is 6. The number of nitriles is 1. The number of ketones is 1. The highest BCUT2D eigenvalue weighted by molar-refractivity contribution is 6.09. The topological polar surface area (TPSA) is 125 Å². The van der Waals surface area contributed by atoms with Gasteiger partial charge in [0.2, 0.25) is 0 Å². The van der Waals surface area contributed by atoms with E-state index >= 15 is 0 Å². The predicted molar refractivity (Wildman–Crippen MR) is 136 cm³/mol. The van der Waals surface area contributed by atoms with E-state index in [1.165, 1.54) is 6.20 Å². The van der Waals surface area contributed by atoms with Crippen molar-refractivity contribution in [1.29, 1.82) is 5.26 Å². The Balaban J connectivity index is 1.72. The Hall–Kier alpha value is -3.70. The molecule has 2 heterocycles. The van der Waals surface area contributed by atoms with E-state index in [2.05, 4.69) is 11.1 Å². The van der Waals surface area contributed by atoms with Crippen molar-refractivity contribution in [2.75, 3.05) is 7.11 Å². The minimum absolute atomic E-state index is 0.0802. The predicted octanol–water partition coefficient (Wildman–Crippen LogP) is 4.97. The van der Waals surface area contributed by atoms with Gasteiger partial charge in [-0.05, 0) is 48.9 Å². The number of unbranched alkanes of at least 4 members (excludes halogenated alkanes) is 2. The molecule has 0 saturated carbocycles. The third-order valence-corrected chi connectivity index (χ3v) is 6.48. The largest absolute Gasteiger partial charge is 0.497 e. The Kier molecular flexibility index (Phi) is 9.20. The number of rotatable bonds is 13. The van der Waals surface area contributed by atoms with Crippen LogP contribution in [0.5, 0.6) is 5.75 Å². The Labute approximate surface area is 211 Å². The monoisotopic (exact) mass is 491 g/mol. The summed E-state index contributed by atoms with van der Waals surface area (Å²) in [5.74, 6) is -0.652. The molecule has 3 rings (SSSR count). The highest BCUT2D eigenvalue weighted by Crippen LogP contribution is 2.29. The molecule has 0 amide bonds. The number of aliphatic carboxylic acids is 1. The van der Waals surface area contributed by atoms with Crippen LogP contribution in [0.15, 0.2) is 36.5 Å². The lowest BCUT2D eigenvalue weighted by molar-refractivity contribution is -0.137. The summed E-state index contributed by atoms with van der Waals surface area (Å²) in [6, 6.07) is 11.2. The van der Waals surface area contributed by atoms with E-state index in [-0.39, 0.29) is 24.5 Å². The Morgan fingerprint density at radius 1 is 1.19 bits per heavy atom. The van der Waals surface area contributed by atoms with Gasteiger partial charge in [0.25, 0.3) is 0 Å². The summed E-state index contributed by atoms with van der Waals surface area (Å²) in [5, 5.41) is 29.6. The van der Waals surface area contributed by atoms with Gasteiger partial charge in [-0.15, -0.1) is 0 Å². The molecule has 8 heteroatoms. The number of methoxy groups -OCH3 is 1. The van der Waals surface area contributed by atoms with Gasteiger partial charge >= 0.3 is 5.97 Å². The average Bonchev–Trinajstić information content (AvgIpc) is 3.13. The molecule has 0 saturated heterocycles. The van der Waals surface area contributed by atoms with Gasteiger partial charge in [0, 0.05) is 42.7 Å². The van der Waals surface area contributed by atoms with Gasteiger partial charge < -0.3 is 19.5 Å². The summed E-state index contributed by atoms with van der Waals surface area (Å²) in [7, 11) is 3.46. The second kappa shape index (κ2) is 12.3. The zero-order valence-electron chi connectivity index (χ0n) is 21.0. The van der Waals surface area contributed by atoms with Gasteiger partial charge in [0.15, 0.2) is 5.78 Å². The summed E-state index contributed by atoms with van der Waals surface area (Å²) in [6.45, 7) is 1.75. The number of fused-ring (bicyclic) bond motifs is 1. The van der Waals surface area contributed by atoms with E-state index in [0.717, 1.165) is 30.5 Å². The van der Waals surface area contributed by atoms with Crippen LogP contribution in [0, 0.1) is 17.2 Å². The minimum atomic E-state index is -0.932. The molecular formula is C28H33N3O5. The van der Waals surface area contributed by atoms with E-state index in [4.69, 9.17) is 9.84 Å². The molecule has 0 spiro atoms. The number of nitrogens with zero attached hydrogens (tertiary/aromatic N) is 3. The third kappa shape index (κ3) is 6.49. The van der Waals surface area contributed by atoms with Crippen LogP contribution in [-0.2, 0) is 18.3 Å². The molecule has 0 aliphatic rings. The fourth-order valence-electron chi connectivity index (χ4n) is 4.64. The van der Waals surface area contributed by atoms with Crippen LogP contribution in [0.2, 0.25) is 0 Å². The number of pyridine rings is 1. The van der Waals surface area contributed by atoms with Crippen molar-refractivity contribution >= 4 is 22.8 Å². The minimum Gasteiger partial charge on any atom is -0.497 e. The van der Waals surface area contributed by atoms with Crippen LogP contribution in [0.3, 0.4) is 0 Å². The summed E-state index contributed by atoms with van der Waals surface area (Å²) in [6.07, 6.45) is 4.70. The Bertz CT molecular complexity index is 1270. The molecule has 36 heavy (non-hydrogen) atoms. The fourth-order valence-corrected chi connectivity index (χ4v) is 4.64. The van der Waals surface area contributed by atoms with E-state index in [0.29, 0.717) is 40.8 Å². The van der Waals surface area contributed by atoms with Crippen molar-refractivity contribution in [3.63, 3.8) is 0 Å². The summed E-state index contributed by atoms with van der Waals surface area (Å²) in [5.41, 5.74) is 3.20. The maximum atomic E-state index is 13.3. The van der Waals surface area contributed by atoms with Crippen molar-refractivity contribution in [1.82, 2.24) is 9.55 Å². The molecule has 0 aliphatic heterocycles. The third-order valence-electron chi connectivity index (χ3n) is 6.48. The molecule has 2 unspecified atom stereocenters. The number of ether oxygens (including phenoxy) is 1. The van der Waals surface area contributed by atoms with Crippen LogP contribution in [0.25, 0.3) is 11.0 Å². The van der Waals surface area contributed by atoms with Gasteiger partial charge in [-0.3, -0.25) is 9.59 Å². The van der Waals surface area contributed by atoms with Crippen molar-refractivity contribution in [3.05, 3.63) is 58.9 Å². The van der Waals surface area contributed by atoms with Crippen LogP contribution >= 0.6 is 0 Å². The molecule has 0 bridgehead atoms. The van der Waals surface area contributed by atoms with E-state index in [1.54, 1.807) is 20.1 Å². The number of hydrogen-bond donors (Lipinski definition) is 2. The number of benzene rings is 1. The van der Waals surface area contributed by atoms with Gasteiger partial charge in [-0.1, -0.05) is 31.9 Å². The number of aromatic nitrogens is 2. The number of carboxylic acids is 1. The van der Waals surface area contributed by atoms with Crippen LogP contribution < -0.4 is 4.74 Å². The molecule has 8 nitrogen and oxygen atoms in total. The SMILES string of the molecule is COc1cccc(C(O)CCCCCc2c(C(=O)CC(C)CC(=O)O)c3cc(C#N)cnc3n2C)c1. The smallest absolute Gasteiger partial charge is 0.303 e. The maximum Gasteiger partial charge on any atom is 0.303 e. The molecule has 190 valence electrons. The molecule has 2 atom stereocenters. The molecule has 2 N–H and O–H groups in total. The van der Waals surface area contributed by atoms with Crippen LogP contribution in [-0.4, -0.2) is 38.6 Å². The van der Waals surface area contributed by atoms with Crippen molar-refractivity contribution in [2.45, 2.75) is 58.0 Å². The van der Waals surface area contributed by atoms with Crippen molar-refractivity contribution in [2.24, 2.45) is 13.0 Å². The molecule has 3 aromatic rings. The van der Waals surface area contributed by atoms with Gasteiger partial charge in [-0.25, -0.2) is 4.98 Å². The second-order valence-electron chi connectivity index (χ2n) is 9.31. The number of carbonyl (C=O) groups excluding carboxylic acids is 1. The average molecular weight is 492 g/mol. The highest BCUT2D eigenvalue weighted by atomic mass is 16.5. The van der Waals surface area contributed by atoms with Gasteiger partial charge in [0.05, 0.1) is 18.8 Å². The first-order chi connectivity index (χ1) is 17.2. The normalized spacial score (nSPS) is 12.8. The number of carbonyl (C=O) groups is 2. The van der Waals surface area contributed by atoms with Crippen molar-refractivity contribution in [3.8, 4) is 11.8 Å². The maximum absolute atomic E-state index is 13.3. The number of Topliss-reactive ketones (excluding diaryl/α,β-unsaturated/α-hetero) is 1. The first kappa shape index (κ1) is 26.9. The standard InChI is InChI=1S/C28H33N3O5/c1-18(13-26(34)35)12-25(33)27-22-14-19(16-29)17-30-28(22)31(2)23(27)10-5-4-6-11-24(32)20-8-7-9-21(15-20)36-3/h7-9,14-15,17-18,24,32H,4-6,10-13H2,1-3H3,(H,34,35). The molecule has 0 fully saturated rings. The number of aliphatic hydroxyl groups excluding tert-OH is 1. The van der Waals surface area contributed by atoms with E-state index in [1.807, 2.05) is 35.9 Å². The molecule has 2 aromatic heterocycles. The molecule has 1 aromatic carbocycles. The van der Waals surface area contributed by atoms with Gasteiger partial charge in [0.1, 0.15) is 17.5 Å². The van der Waals surface area contributed by atoms with E-state index in [9.17, 15) is 20.0 Å². The van der Waals surface area contributed by atoms with Gasteiger partial charge in [-0.2, -0.15) is 5.26 Å². The number of aryl methyl sites for hydroxylation is 1. The Morgan fingerprint density at radius 3 is 2.67 bits per heavy atom. The lowest BCUT2D eigenvalue weighted by Crippen LogP contribution is -2.12. The lowest BCUT2D eigenvalue weighted by atomic mass is 9.94. The first-order valence-corrected chi connectivity index (χ1v) is 12.2. The van der Waals surface area contributed by atoms with Crippen LogP contribution in [0.4, 0.5) is 0 Å². The highest BCUT2D eigenvalue weighted by Gasteiger charge is 2.24. The van der Waals surface area contributed by atoms with Crippen LogP contribution in [0.1, 0.15) is 78.7 Å². The van der Waals surface area contributed by atoms with Crippen molar-refractivity contribution < 1.29 is 24.5 Å². The summed E-state index contributed by atoms with van der Waals surface area (Å²) >= 11 is 0. The zero-order valence-corrected chi connectivity index (χ0v) is 21.0. The molecule has 0 radical (unpaired) electrons. The quantitative estimate of drug-likeness (QED) is 0.255. The fraction of sp³-hybridized carbons (Fsp3) is 0.429. The second-order valence-corrected chi connectivity index (χ2v) is 9.31. The first-order valence-electron chi connectivity index (χ1n) is 12.2. The number of carboxylic acid groups (broad SMARTS) is 1.